The van der Waals surface area contributed by atoms with Crippen LogP contribution < -0.4 is 16.0 Å². The van der Waals surface area contributed by atoms with Gasteiger partial charge in [-0.15, -0.1) is 0 Å². The van der Waals surface area contributed by atoms with Gasteiger partial charge in [-0.05, 0) is 37.6 Å². The fourth-order valence-electron chi connectivity index (χ4n) is 2.01. The lowest BCUT2D eigenvalue weighted by Crippen LogP contribution is -2.39. The van der Waals surface area contributed by atoms with Crippen LogP contribution >= 0.6 is 12.2 Å². The molecule has 110 valence electrons. The second-order valence-electron chi connectivity index (χ2n) is 5.02. The molecule has 0 radical (unpaired) electrons. The van der Waals surface area contributed by atoms with Crippen molar-refractivity contribution < 1.29 is 4.79 Å². The molecule has 0 aromatic heterocycles. The second-order valence-corrected chi connectivity index (χ2v) is 5.46. The number of rotatable bonds is 7. The third kappa shape index (κ3) is 5.17. The van der Waals surface area contributed by atoms with Crippen LogP contribution in [-0.2, 0) is 4.79 Å². The second kappa shape index (κ2) is 7.85. The van der Waals surface area contributed by atoms with Gasteiger partial charge in [0.1, 0.15) is 4.99 Å². The molecule has 0 aliphatic carbocycles. The number of hydrogen-bond donors (Lipinski definition) is 2. The van der Waals surface area contributed by atoms with Crippen LogP contribution in [0.25, 0.3) is 0 Å². The normalized spacial score (nSPS) is 11.8. The van der Waals surface area contributed by atoms with Gasteiger partial charge >= 0.3 is 0 Å². The van der Waals surface area contributed by atoms with Gasteiger partial charge < -0.3 is 16.0 Å². The van der Waals surface area contributed by atoms with Gasteiger partial charge in [0, 0.05) is 24.3 Å². The van der Waals surface area contributed by atoms with Gasteiger partial charge in [-0.1, -0.05) is 25.6 Å². The lowest BCUT2D eigenvalue weighted by Gasteiger charge is -2.21. The van der Waals surface area contributed by atoms with Crippen molar-refractivity contribution in [3.8, 4) is 0 Å². The Kier molecular flexibility index (Phi) is 6.45. The molecule has 0 heterocycles. The minimum atomic E-state index is 0.0341. The maximum absolute atomic E-state index is 11.9. The summed E-state index contributed by atoms with van der Waals surface area (Å²) in [6.07, 6.45) is 2.07. The van der Waals surface area contributed by atoms with E-state index in [-0.39, 0.29) is 11.9 Å². The molecule has 1 aromatic rings. The van der Waals surface area contributed by atoms with E-state index in [4.69, 9.17) is 18.0 Å². The highest BCUT2D eigenvalue weighted by atomic mass is 32.1. The molecule has 1 aromatic carbocycles. The van der Waals surface area contributed by atoms with Crippen molar-refractivity contribution in [2.24, 2.45) is 5.73 Å². The number of hydrogen-bond acceptors (Lipinski definition) is 3. The van der Waals surface area contributed by atoms with Crippen LogP contribution in [0.3, 0.4) is 0 Å². The number of benzene rings is 1. The van der Waals surface area contributed by atoms with E-state index < -0.39 is 0 Å². The van der Waals surface area contributed by atoms with Gasteiger partial charge in [0.05, 0.1) is 6.54 Å². The predicted octanol–water partition coefficient (Wildman–Crippen LogP) is 2.06. The Bertz CT molecular complexity index is 459. The average Bonchev–Trinajstić information content (AvgIpc) is 2.38. The quantitative estimate of drug-likeness (QED) is 0.756. The number of amides is 1. The molecule has 1 rings (SSSR count). The molecule has 1 atom stereocenters. The average molecular weight is 293 g/mol. The van der Waals surface area contributed by atoms with Crippen molar-refractivity contribution in [2.45, 2.75) is 32.7 Å². The molecular weight excluding hydrogens is 270 g/mol. The SMILES string of the molecule is CCCC(C)NC(=O)CN(C)c1ccc(C(N)=S)cc1. The van der Waals surface area contributed by atoms with Gasteiger partial charge in [-0.2, -0.15) is 0 Å². The standard InChI is InChI=1S/C15H23N3OS/c1-4-5-11(2)17-14(19)10-18(3)13-8-6-12(7-9-13)15(16)20/h6-9,11H,4-5,10H2,1-3H3,(H2,16,20)(H,17,19). The first-order chi connectivity index (χ1) is 9.43. The third-order valence-corrected chi connectivity index (χ3v) is 3.34. The number of nitrogens with zero attached hydrogens (tertiary/aromatic N) is 1. The van der Waals surface area contributed by atoms with Crippen molar-refractivity contribution >= 4 is 28.8 Å². The Morgan fingerprint density at radius 3 is 2.50 bits per heavy atom. The number of nitrogens with one attached hydrogen (secondary N) is 1. The van der Waals surface area contributed by atoms with Gasteiger partial charge in [-0.25, -0.2) is 0 Å². The van der Waals surface area contributed by atoms with Gasteiger partial charge in [0.15, 0.2) is 0 Å². The minimum Gasteiger partial charge on any atom is -0.389 e. The molecular formula is C15H23N3OS. The summed E-state index contributed by atoms with van der Waals surface area (Å²) in [5, 5.41) is 2.99. The highest BCUT2D eigenvalue weighted by Crippen LogP contribution is 2.13. The van der Waals surface area contributed by atoms with Crippen molar-refractivity contribution in [3.05, 3.63) is 29.8 Å². The number of carbonyl (C=O) groups excluding carboxylic acids is 1. The van der Waals surface area contributed by atoms with Crippen molar-refractivity contribution in [2.75, 3.05) is 18.5 Å². The predicted molar refractivity (Wildman–Crippen MR) is 88.1 cm³/mol. The third-order valence-electron chi connectivity index (χ3n) is 3.10. The van der Waals surface area contributed by atoms with E-state index >= 15 is 0 Å². The van der Waals surface area contributed by atoms with Crippen molar-refractivity contribution in [3.63, 3.8) is 0 Å². The molecule has 0 fully saturated rings. The zero-order chi connectivity index (χ0) is 15.1. The van der Waals surface area contributed by atoms with Gasteiger partial charge in [0.2, 0.25) is 5.91 Å². The highest BCUT2D eigenvalue weighted by molar-refractivity contribution is 7.80. The number of nitrogens with two attached hydrogens (primary N) is 1. The van der Waals surface area contributed by atoms with Crippen LogP contribution in [0, 0.1) is 0 Å². The Morgan fingerprint density at radius 2 is 2.00 bits per heavy atom. The lowest BCUT2D eigenvalue weighted by molar-refractivity contribution is -0.120. The number of carbonyl (C=O) groups is 1. The van der Waals surface area contributed by atoms with Crippen LogP contribution in [0.2, 0.25) is 0 Å². The highest BCUT2D eigenvalue weighted by Gasteiger charge is 2.10. The molecule has 20 heavy (non-hydrogen) atoms. The maximum Gasteiger partial charge on any atom is 0.239 e. The molecule has 1 amide bonds. The first-order valence-corrected chi connectivity index (χ1v) is 7.25. The fraction of sp³-hybridized carbons (Fsp3) is 0.467. The van der Waals surface area contributed by atoms with E-state index in [0.29, 0.717) is 11.5 Å². The van der Waals surface area contributed by atoms with Crippen LogP contribution in [-0.4, -0.2) is 30.5 Å². The number of thiocarbonyl (C=S) groups is 1. The Balaban J connectivity index is 2.55. The maximum atomic E-state index is 11.9. The van der Waals surface area contributed by atoms with E-state index in [1.54, 1.807) is 0 Å². The first kappa shape index (κ1) is 16.4. The molecule has 5 heteroatoms. The summed E-state index contributed by atoms with van der Waals surface area (Å²) in [6.45, 7) is 4.47. The summed E-state index contributed by atoms with van der Waals surface area (Å²) >= 11 is 4.91. The summed E-state index contributed by atoms with van der Waals surface area (Å²) in [5.41, 5.74) is 7.35. The van der Waals surface area contributed by atoms with Gasteiger partial charge in [0.25, 0.3) is 0 Å². The van der Waals surface area contributed by atoms with Crippen molar-refractivity contribution in [1.29, 1.82) is 0 Å². The summed E-state index contributed by atoms with van der Waals surface area (Å²) in [4.78, 5) is 14.2. The summed E-state index contributed by atoms with van der Waals surface area (Å²) in [6, 6.07) is 7.78. The Morgan fingerprint density at radius 1 is 1.40 bits per heavy atom. The molecule has 0 aliphatic heterocycles. The van der Waals surface area contributed by atoms with Crippen molar-refractivity contribution in [1.82, 2.24) is 5.32 Å². The Labute approximate surface area is 126 Å². The first-order valence-electron chi connectivity index (χ1n) is 6.84. The zero-order valence-electron chi connectivity index (χ0n) is 12.3. The smallest absolute Gasteiger partial charge is 0.239 e. The molecule has 1 unspecified atom stereocenters. The zero-order valence-corrected chi connectivity index (χ0v) is 13.2. The van der Waals surface area contributed by atoms with E-state index in [9.17, 15) is 4.79 Å². The molecule has 4 nitrogen and oxygen atoms in total. The molecule has 3 N–H and O–H groups in total. The minimum absolute atomic E-state index is 0.0341. The summed E-state index contributed by atoms with van der Waals surface area (Å²) in [7, 11) is 1.89. The monoisotopic (exact) mass is 293 g/mol. The van der Waals surface area contributed by atoms with E-state index in [1.165, 1.54) is 0 Å². The Hall–Kier alpha value is -1.62. The lowest BCUT2D eigenvalue weighted by atomic mass is 10.2. The summed E-state index contributed by atoms with van der Waals surface area (Å²) in [5.74, 6) is 0.0341. The molecule has 0 bridgehead atoms. The van der Waals surface area contributed by atoms with E-state index in [2.05, 4.69) is 12.2 Å². The van der Waals surface area contributed by atoms with Gasteiger partial charge in [-0.3, -0.25) is 4.79 Å². The number of anilines is 1. The summed E-state index contributed by atoms with van der Waals surface area (Å²) < 4.78 is 0. The van der Waals surface area contributed by atoms with Crippen LogP contribution in [0.4, 0.5) is 5.69 Å². The topological polar surface area (TPSA) is 58.4 Å². The number of likely N-dealkylation sites (N-methyl/N-ethyl adjacent to an activating group) is 1. The molecule has 0 saturated carbocycles. The van der Waals surface area contributed by atoms with Crippen LogP contribution in [0.5, 0.6) is 0 Å². The van der Waals surface area contributed by atoms with Crippen LogP contribution in [0.15, 0.2) is 24.3 Å². The van der Waals surface area contributed by atoms with E-state index in [0.717, 1.165) is 24.1 Å². The molecule has 0 saturated heterocycles. The molecule has 0 aliphatic rings. The van der Waals surface area contributed by atoms with Crippen LogP contribution in [0.1, 0.15) is 32.3 Å². The molecule has 0 spiro atoms. The van der Waals surface area contributed by atoms with E-state index in [1.807, 2.05) is 43.1 Å². The largest absolute Gasteiger partial charge is 0.389 e. The fourth-order valence-corrected chi connectivity index (χ4v) is 2.15.